The van der Waals surface area contributed by atoms with E-state index in [9.17, 15) is 9.59 Å². The zero-order valence-corrected chi connectivity index (χ0v) is 17.4. The standard InChI is InChI=1S/C27H22O4/c1-30-24-16-18(13-14-25(28)31-2)15-23-22(24)17-21(19-9-5-3-6-10-19)26(23)27(29)20-11-7-4-8-12-20/h3-16H,17H2,1-2H3. The van der Waals surface area contributed by atoms with E-state index in [-0.39, 0.29) is 5.78 Å². The van der Waals surface area contributed by atoms with E-state index in [0.29, 0.717) is 23.3 Å². The van der Waals surface area contributed by atoms with Gasteiger partial charge in [0.2, 0.25) is 0 Å². The maximum Gasteiger partial charge on any atom is 0.330 e. The van der Waals surface area contributed by atoms with Crippen molar-refractivity contribution in [2.24, 2.45) is 0 Å². The van der Waals surface area contributed by atoms with Gasteiger partial charge < -0.3 is 9.47 Å². The first kappa shape index (κ1) is 20.4. The van der Waals surface area contributed by atoms with Crippen LogP contribution in [0.15, 0.2) is 78.9 Å². The number of hydrogen-bond acceptors (Lipinski definition) is 4. The molecule has 4 nitrogen and oxygen atoms in total. The largest absolute Gasteiger partial charge is 0.496 e. The molecule has 0 saturated carbocycles. The summed E-state index contributed by atoms with van der Waals surface area (Å²) < 4.78 is 10.4. The van der Waals surface area contributed by atoms with Crippen molar-refractivity contribution >= 4 is 29.0 Å². The van der Waals surface area contributed by atoms with E-state index < -0.39 is 5.97 Å². The van der Waals surface area contributed by atoms with Gasteiger partial charge in [-0.15, -0.1) is 0 Å². The Hall–Kier alpha value is -3.92. The van der Waals surface area contributed by atoms with E-state index in [2.05, 4.69) is 0 Å². The number of allylic oxidation sites excluding steroid dienone is 2. The number of Topliss-reactive ketones (excluding diaryl/α,β-unsaturated/α-hetero) is 1. The maximum absolute atomic E-state index is 13.6. The quantitative estimate of drug-likeness (QED) is 0.317. The number of hydrogen-bond donors (Lipinski definition) is 0. The summed E-state index contributed by atoms with van der Waals surface area (Å²) in [5.41, 5.74) is 5.83. The molecule has 1 aliphatic rings. The van der Waals surface area contributed by atoms with Crippen LogP contribution in [0.1, 0.15) is 32.6 Å². The van der Waals surface area contributed by atoms with Crippen molar-refractivity contribution in [1.29, 1.82) is 0 Å². The lowest BCUT2D eigenvalue weighted by atomic mass is 9.93. The topological polar surface area (TPSA) is 52.6 Å². The van der Waals surface area contributed by atoms with Gasteiger partial charge in [-0.2, -0.15) is 0 Å². The number of carbonyl (C=O) groups is 2. The van der Waals surface area contributed by atoms with E-state index >= 15 is 0 Å². The molecular weight excluding hydrogens is 388 g/mol. The van der Waals surface area contributed by atoms with Crippen LogP contribution in [0.5, 0.6) is 5.75 Å². The Kier molecular flexibility index (Phi) is 5.80. The molecule has 0 atom stereocenters. The number of carbonyl (C=O) groups excluding carboxylic acids is 2. The highest BCUT2D eigenvalue weighted by Crippen LogP contribution is 2.44. The summed E-state index contributed by atoms with van der Waals surface area (Å²) in [5, 5.41) is 0. The van der Waals surface area contributed by atoms with Crippen LogP contribution in [0, 0.1) is 0 Å². The van der Waals surface area contributed by atoms with Crippen molar-refractivity contribution in [3.63, 3.8) is 0 Å². The van der Waals surface area contributed by atoms with E-state index in [1.54, 1.807) is 13.2 Å². The normalized spacial score (nSPS) is 12.7. The van der Waals surface area contributed by atoms with Crippen LogP contribution in [0.3, 0.4) is 0 Å². The third-order valence-corrected chi connectivity index (χ3v) is 5.37. The maximum atomic E-state index is 13.6. The van der Waals surface area contributed by atoms with Gasteiger partial charge in [-0.25, -0.2) is 4.79 Å². The van der Waals surface area contributed by atoms with Crippen LogP contribution in [0.2, 0.25) is 0 Å². The third kappa shape index (κ3) is 4.05. The molecule has 1 aliphatic carbocycles. The fourth-order valence-corrected chi connectivity index (χ4v) is 3.89. The van der Waals surface area contributed by atoms with Crippen LogP contribution >= 0.6 is 0 Å². The molecule has 0 unspecified atom stereocenters. The average molecular weight is 410 g/mol. The van der Waals surface area contributed by atoms with Gasteiger partial charge in [0.1, 0.15) is 5.75 Å². The zero-order chi connectivity index (χ0) is 21.8. The number of ketones is 1. The van der Waals surface area contributed by atoms with Crippen molar-refractivity contribution in [2.45, 2.75) is 6.42 Å². The molecule has 31 heavy (non-hydrogen) atoms. The molecule has 0 aliphatic heterocycles. The molecular formula is C27H22O4. The summed E-state index contributed by atoms with van der Waals surface area (Å²) in [5.74, 6) is 0.209. The molecule has 3 aromatic carbocycles. The van der Waals surface area contributed by atoms with E-state index in [4.69, 9.17) is 9.47 Å². The highest BCUT2D eigenvalue weighted by atomic mass is 16.5. The fraction of sp³-hybridized carbons (Fsp3) is 0.111. The van der Waals surface area contributed by atoms with Crippen LogP contribution < -0.4 is 4.74 Å². The summed E-state index contributed by atoms with van der Waals surface area (Å²) in [7, 11) is 2.95. The van der Waals surface area contributed by atoms with Gasteiger partial charge in [0, 0.05) is 29.2 Å². The lowest BCUT2D eigenvalue weighted by Crippen LogP contribution is -2.04. The number of benzene rings is 3. The van der Waals surface area contributed by atoms with Crippen LogP contribution in [-0.2, 0) is 16.0 Å². The minimum atomic E-state index is -0.444. The highest BCUT2D eigenvalue weighted by Gasteiger charge is 2.30. The van der Waals surface area contributed by atoms with Crippen molar-refractivity contribution in [1.82, 2.24) is 0 Å². The zero-order valence-electron chi connectivity index (χ0n) is 17.4. The molecule has 0 saturated heterocycles. The van der Waals surface area contributed by atoms with Gasteiger partial charge >= 0.3 is 5.97 Å². The van der Waals surface area contributed by atoms with Crippen LogP contribution in [0.25, 0.3) is 17.2 Å². The predicted molar refractivity (Wildman–Crippen MR) is 122 cm³/mol. The fourth-order valence-electron chi connectivity index (χ4n) is 3.89. The Balaban J connectivity index is 1.91. The Bertz CT molecular complexity index is 1190. The number of methoxy groups -OCH3 is 2. The third-order valence-electron chi connectivity index (χ3n) is 5.37. The average Bonchev–Trinajstić information content (AvgIpc) is 3.22. The van der Waals surface area contributed by atoms with E-state index in [1.807, 2.05) is 72.8 Å². The molecule has 0 amide bonds. The SMILES string of the molecule is COC(=O)C=Cc1cc(OC)c2c(c1)C(C(=O)c1ccccc1)=C(c1ccccc1)C2. The van der Waals surface area contributed by atoms with Gasteiger partial charge in [0.25, 0.3) is 0 Å². The smallest absolute Gasteiger partial charge is 0.330 e. The second-order valence-corrected chi connectivity index (χ2v) is 7.20. The summed E-state index contributed by atoms with van der Waals surface area (Å²) >= 11 is 0. The second kappa shape index (κ2) is 8.84. The monoisotopic (exact) mass is 410 g/mol. The minimum Gasteiger partial charge on any atom is -0.496 e. The van der Waals surface area contributed by atoms with E-state index in [1.165, 1.54) is 13.2 Å². The first-order valence-corrected chi connectivity index (χ1v) is 9.98. The molecule has 4 rings (SSSR count). The van der Waals surface area contributed by atoms with Crippen LogP contribution in [0.4, 0.5) is 0 Å². The van der Waals surface area contributed by atoms with Crippen molar-refractivity contribution in [3.05, 3.63) is 107 Å². The molecule has 154 valence electrons. The lowest BCUT2D eigenvalue weighted by Gasteiger charge is -2.11. The summed E-state index contributed by atoms with van der Waals surface area (Å²) in [6, 6.07) is 23.0. The molecule has 0 aromatic heterocycles. The molecule has 0 heterocycles. The molecule has 0 bridgehead atoms. The number of esters is 1. The van der Waals surface area contributed by atoms with Crippen molar-refractivity contribution < 1.29 is 19.1 Å². The summed E-state index contributed by atoms with van der Waals surface area (Å²) in [6.45, 7) is 0. The van der Waals surface area contributed by atoms with Crippen LogP contribution in [-0.4, -0.2) is 26.0 Å². The van der Waals surface area contributed by atoms with Gasteiger partial charge in [0.05, 0.1) is 14.2 Å². The summed E-state index contributed by atoms with van der Waals surface area (Å²) in [4.78, 5) is 25.2. The van der Waals surface area contributed by atoms with Gasteiger partial charge in [-0.1, -0.05) is 60.7 Å². The molecule has 0 spiro atoms. The molecule has 0 radical (unpaired) electrons. The second-order valence-electron chi connectivity index (χ2n) is 7.20. The number of rotatable bonds is 6. The molecule has 0 fully saturated rings. The molecule has 0 N–H and O–H groups in total. The van der Waals surface area contributed by atoms with Crippen molar-refractivity contribution in [3.8, 4) is 5.75 Å². The highest BCUT2D eigenvalue weighted by molar-refractivity contribution is 6.36. The van der Waals surface area contributed by atoms with E-state index in [0.717, 1.165) is 27.8 Å². The number of ether oxygens (including phenoxy) is 2. The first-order valence-electron chi connectivity index (χ1n) is 9.98. The first-order chi connectivity index (χ1) is 15.1. The molecule has 4 heteroatoms. The Morgan fingerprint density at radius 2 is 1.58 bits per heavy atom. The lowest BCUT2D eigenvalue weighted by molar-refractivity contribution is -0.134. The molecule has 3 aromatic rings. The van der Waals surface area contributed by atoms with Gasteiger partial charge in [-0.05, 0) is 40.5 Å². The summed E-state index contributed by atoms with van der Waals surface area (Å²) in [6.07, 6.45) is 3.62. The Labute approximate surface area is 181 Å². The Morgan fingerprint density at radius 3 is 2.23 bits per heavy atom. The minimum absolute atomic E-state index is 0.0330. The van der Waals surface area contributed by atoms with Gasteiger partial charge in [0.15, 0.2) is 5.78 Å². The Morgan fingerprint density at radius 1 is 0.903 bits per heavy atom. The predicted octanol–water partition coefficient (Wildman–Crippen LogP) is 5.23. The number of fused-ring (bicyclic) bond motifs is 1. The van der Waals surface area contributed by atoms with Crippen molar-refractivity contribution in [2.75, 3.05) is 14.2 Å². The van der Waals surface area contributed by atoms with Gasteiger partial charge in [-0.3, -0.25) is 4.79 Å².